The third kappa shape index (κ3) is 3.88. The molecular weight excluding hydrogens is 476 g/mol. The quantitative estimate of drug-likeness (QED) is 0.459. The number of ether oxygens (including phenoxy) is 2. The van der Waals surface area contributed by atoms with Crippen molar-refractivity contribution in [3.05, 3.63) is 77.0 Å². The summed E-state index contributed by atoms with van der Waals surface area (Å²) in [5.74, 6) is 0.741. The summed E-state index contributed by atoms with van der Waals surface area (Å²) in [4.78, 5) is 40.9. The van der Waals surface area contributed by atoms with Crippen molar-refractivity contribution in [2.45, 2.75) is 49.0 Å². The van der Waals surface area contributed by atoms with Gasteiger partial charge in [-0.1, -0.05) is 48.9 Å². The first-order valence-electron chi connectivity index (χ1n) is 12.4. The topological polar surface area (TPSA) is 84.9 Å². The summed E-state index contributed by atoms with van der Waals surface area (Å²) in [6, 6.07) is 16.2. The number of hydrogen-bond donors (Lipinski definition) is 1. The molecule has 4 aliphatic rings. The van der Waals surface area contributed by atoms with Crippen molar-refractivity contribution < 1.29 is 23.9 Å². The maximum absolute atomic E-state index is 13.4. The molecule has 2 saturated carbocycles. The number of amides is 2. The van der Waals surface area contributed by atoms with Gasteiger partial charge in [-0.15, -0.1) is 11.8 Å². The summed E-state index contributed by atoms with van der Waals surface area (Å²) < 4.78 is 10.9. The molecule has 0 spiro atoms. The molecule has 0 unspecified atom stereocenters. The van der Waals surface area contributed by atoms with Gasteiger partial charge in [-0.3, -0.25) is 14.5 Å². The summed E-state index contributed by atoms with van der Waals surface area (Å²) in [5, 5.41) is 2.85. The fraction of sp³-hybridized carbons (Fsp3) is 0.393. The van der Waals surface area contributed by atoms with Crippen molar-refractivity contribution in [1.29, 1.82) is 0 Å². The molecule has 1 N–H and O–H groups in total. The highest BCUT2D eigenvalue weighted by molar-refractivity contribution is 8.01. The molecule has 2 aromatic carbocycles. The van der Waals surface area contributed by atoms with Gasteiger partial charge in [0, 0.05) is 5.25 Å². The van der Waals surface area contributed by atoms with Gasteiger partial charge in [0.05, 0.1) is 13.5 Å². The monoisotopic (exact) mass is 504 g/mol. The van der Waals surface area contributed by atoms with E-state index in [-0.39, 0.29) is 35.5 Å². The fourth-order valence-corrected chi connectivity index (χ4v) is 7.90. The minimum Gasteiger partial charge on any atom is -0.497 e. The molecule has 2 aliphatic carbocycles. The summed E-state index contributed by atoms with van der Waals surface area (Å²) in [5.41, 5.74) is 3.23. The van der Waals surface area contributed by atoms with E-state index in [0.29, 0.717) is 17.5 Å². The average molecular weight is 505 g/mol. The van der Waals surface area contributed by atoms with Crippen molar-refractivity contribution in [2.24, 2.45) is 11.8 Å². The van der Waals surface area contributed by atoms with Crippen LogP contribution in [0, 0.1) is 11.8 Å². The SMILES string of the molecule is COc1ccc(COC(=O)C2=C3[C@@H](S[C@@H]4[C@H](NC(=O)Cc5ccccc5)C(=O)N24)[C@H]2CCC[C@@H]32)cc1. The molecule has 0 radical (unpaired) electrons. The fourth-order valence-electron chi connectivity index (χ4n) is 5.97. The highest BCUT2D eigenvalue weighted by Gasteiger charge is 2.63. The first-order chi connectivity index (χ1) is 17.5. The third-order valence-corrected chi connectivity index (χ3v) is 9.41. The van der Waals surface area contributed by atoms with Crippen LogP contribution in [0.5, 0.6) is 5.75 Å². The molecule has 2 aliphatic heterocycles. The van der Waals surface area contributed by atoms with E-state index in [9.17, 15) is 14.4 Å². The van der Waals surface area contributed by atoms with Gasteiger partial charge in [0.1, 0.15) is 29.5 Å². The van der Waals surface area contributed by atoms with Crippen LogP contribution in [-0.4, -0.2) is 46.5 Å². The Morgan fingerprint density at radius 2 is 1.83 bits per heavy atom. The number of methoxy groups -OCH3 is 1. The first kappa shape index (κ1) is 23.2. The van der Waals surface area contributed by atoms with Crippen LogP contribution in [0.25, 0.3) is 0 Å². The molecule has 36 heavy (non-hydrogen) atoms. The number of nitrogens with one attached hydrogen (secondary N) is 1. The third-order valence-electron chi connectivity index (χ3n) is 7.75. The predicted octanol–water partition coefficient (Wildman–Crippen LogP) is 3.43. The number of rotatable bonds is 7. The normalized spacial score (nSPS) is 27.8. The van der Waals surface area contributed by atoms with Gasteiger partial charge < -0.3 is 14.8 Å². The molecule has 2 aromatic rings. The summed E-state index contributed by atoms with van der Waals surface area (Å²) in [6.07, 6.45) is 3.55. The lowest BCUT2D eigenvalue weighted by Gasteiger charge is -2.58. The molecule has 186 valence electrons. The van der Waals surface area contributed by atoms with Crippen LogP contribution in [0.15, 0.2) is 65.9 Å². The number of carbonyl (C=O) groups excluding carboxylic acids is 3. The molecule has 7 nitrogen and oxygen atoms in total. The Bertz CT molecular complexity index is 1230. The van der Waals surface area contributed by atoms with Crippen molar-refractivity contribution in [3.8, 4) is 5.75 Å². The number of hydrogen-bond acceptors (Lipinski definition) is 6. The number of benzene rings is 2. The van der Waals surface area contributed by atoms with Crippen LogP contribution in [0.3, 0.4) is 0 Å². The average Bonchev–Trinajstić information content (AvgIpc) is 3.32. The highest BCUT2D eigenvalue weighted by Crippen LogP contribution is 2.62. The Balaban J connectivity index is 1.19. The van der Waals surface area contributed by atoms with E-state index in [0.717, 1.165) is 41.7 Å². The van der Waals surface area contributed by atoms with Crippen LogP contribution in [0.4, 0.5) is 0 Å². The molecule has 2 heterocycles. The second-order valence-electron chi connectivity index (χ2n) is 9.79. The van der Waals surface area contributed by atoms with E-state index >= 15 is 0 Å². The van der Waals surface area contributed by atoms with E-state index in [1.54, 1.807) is 23.8 Å². The molecular formula is C28H28N2O5S. The number of fused-ring (bicyclic) bond motifs is 5. The first-order valence-corrected chi connectivity index (χ1v) is 13.4. The van der Waals surface area contributed by atoms with Crippen LogP contribution >= 0.6 is 11.8 Å². The van der Waals surface area contributed by atoms with Gasteiger partial charge in [-0.2, -0.15) is 0 Å². The summed E-state index contributed by atoms with van der Waals surface area (Å²) in [7, 11) is 1.60. The maximum atomic E-state index is 13.4. The lowest BCUT2D eigenvalue weighted by molar-refractivity contribution is -0.154. The van der Waals surface area contributed by atoms with Crippen LogP contribution in [-0.2, 0) is 32.1 Å². The van der Waals surface area contributed by atoms with Gasteiger partial charge in [0.25, 0.3) is 5.91 Å². The number of nitrogens with zero attached hydrogens (tertiary/aromatic N) is 1. The Kier molecular flexibility index (Phi) is 5.99. The molecule has 3 fully saturated rings. The number of carbonyl (C=O) groups is 3. The van der Waals surface area contributed by atoms with Crippen LogP contribution in [0.2, 0.25) is 0 Å². The second kappa shape index (κ2) is 9.32. The van der Waals surface area contributed by atoms with E-state index in [2.05, 4.69) is 5.32 Å². The molecule has 8 heteroatoms. The van der Waals surface area contributed by atoms with Gasteiger partial charge in [0.15, 0.2) is 0 Å². The van der Waals surface area contributed by atoms with Gasteiger partial charge in [-0.25, -0.2) is 4.79 Å². The zero-order valence-electron chi connectivity index (χ0n) is 20.0. The van der Waals surface area contributed by atoms with Gasteiger partial charge >= 0.3 is 5.97 Å². The lowest BCUT2D eigenvalue weighted by Crippen LogP contribution is -2.72. The maximum Gasteiger partial charge on any atom is 0.355 e. The van der Waals surface area contributed by atoms with Crippen LogP contribution < -0.4 is 10.1 Å². The van der Waals surface area contributed by atoms with Crippen LogP contribution in [0.1, 0.15) is 30.4 Å². The lowest BCUT2D eigenvalue weighted by atomic mass is 9.69. The minimum atomic E-state index is -0.627. The highest BCUT2D eigenvalue weighted by atomic mass is 32.2. The molecule has 1 saturated heterocycles. The molecule has 0 aromatic heterocycles. The Labute approximate surface area is 214 Å². The number of thioether (sulfide) groups is 1. The molecule has 6 rings (SSSR count). The van der Waals surface area contributed by atoms with Crippen molar-refractivity contribution in [1.82, 2.24) is 10.2 Å². The standard InChI is InChI=1S/C28H28N2O5S/c1-34-18-12-10-17(11-13-18)15-35-28(33)24-22-19-8-5-9-20(19)25(22)36-27-23(26(32)30(24)27)29-21(31)14-16-6-3-2-4-7-16/h2-4,6-7,10-13,19-20,23,25,27H,5,8-9,14-15H2,1H3,(H,29,31)/t19-,20+,23-,25+,27-/m1/s1. The largest absolute Gasteiger partial charge is 0.497 e. The summed E-state index contributed by atoms with van der Waals surface area (Å²) >= 11 is 1.72. The smallest absolute Gasteiger partial charge is 0.355 e. The Morgan fingerprint density at radius 1 is 1.06 bits per heavy atom. The van der Waals surface area contributed by atoms with E-state index in [1.165, 1.54) is 0 Å². The Morgan fingerprint density at radius 3 is 2.58 bits per heavy atom. The van der Waals surface area contributed by atoms with Crippen molar-refractivity contribution >= 4 is 29.5 Å². The molecule has 5 atom stereocenters. The molecule has 0 bridgehead atoms. The zero-order chi connectivity index (χ0) is 24.8. The van der Waals surface area contributed by atoms with E-state index in [1.807, 2.05) is 54.6 Å². The number of β-lactam (4-membered cyclic amide) rings is 1. The van der Waals surface area contributed by atoms with E-state index in [4.69, 9.17) is 9.47 Å². The van der Waals surface area contributed by atoms with Crippen molar-refractivity contribution in [2.75, 3.05) is 7.11 Å². The predicted molar refractivity (Wildman–Crippen MR) is 135 cm³/mol. The van der Waals surface area contributed by atoms with Gasteiger partial charge in [-0.05, 0) is 53.5 Å². The Hall–Kier alpha value is -3.26. The van der Waals surface area contributed by atoms with Crippen molar-refractivity contribution in [3.63, 3.8) is 0 Å². The second-order valence-corrected chi connectivity index (χ2v) is 11.1. The minimum absolute atomic E-state index is 0.120. The number of esters is 1. The summed E-state index contributed by atoms with van der Waals surface area (Å²) in [6.45, 7) is 0.120. The van der Waals surface area contributed by atoms with E-state index < -0.39 is 12.0 Å². The zero-order valence-corrected chi connectivity index (χ0v) is 20.8. The van der Waals surface area contributed by atoms with Gasteiger partial charge in [0.2, 0.25) is 5.91 Å². The molecule has 2 amide bonds.